The van der Waals surface area contributed by atoms with E-state index in [1.54, 1.807) is 6.20 Å². The molecule has 6 nitrogen and oxygen atoms in total. The van der Waals surface area contributed by atoms with Gasteiger partial charge in [0, 0.05) is 34.5 Å². The van der Waals surface area contributed by atoms with E-state index in [1.165, 1.54) is 0 Å². The van der Waals surface area contributed by atoms with E-state index in [4.69, 9.17) is 29.9 Å². The fourth-order valence-corrected chi connectivity index (χ4v) is 5.43. The molecule has 0 aliphatic rings. The van der Waals surface area contributed by atoms with Crippen molar-refractivity contribution in [2.45, 2.75) is 0 Å². The lowest BCUT2D eigenvalue weighted by atomic mass is 10.0. The Hall–Kier alpha value is -6.40. The molecule has 0 saturated heterocycles. The van der Waals surface area contributed by atoms with Gasteiger partial charge >= 0.3 is 0 Å². The smallest absolute Gasteiger partial charge is 0.165 e. The molecule has 6 heteroatoms. The van der Waals surface area contributed by atoms with Crippen molar-refractivity contribution in [1.29, 1.82) is 0 Å². The highest BCUT2D eigenvalue weighted by Crippen LogP contribution is 2.31. The quantitative estimate of drug-likeness (QED) is 0.192. The van der Waals surface area contributed by atoms with E-state index < -0.39 is 0 Å². The summed E-state index contributed by atoms with van der Waals surface area (Å²) in [6.45, 7) is 0. The Morgan fingerprint density at radius 3 is 1.37 bits per heavy atom. The van der Waals surface area contributed by atoms with E-state index in [2.05, 4.69) is 42.5 Å². The van der Waals surface area contributed by atoms with Crippen molar-refractivity contribution < 1.29 is 0 Å². The summed E-state index contributed by atoms with van der Waals surface area (Å²) >= 11 is 0. The van der Waals surface area contributed by atoms with Gasteiger partial charge in [0.15, 0.2) is 17.5 Å². The number of rotatable bonds is 6. The van der Waals surface area contributed by atoms with Crippen molar-refractivity contribution in [2.24, 2.45) is 0 Å². The molecule has 46 heavy (non-hydrogen) atoms. The van der Waals surface area contributed by atoms with Crippen LogP contribution in [0.3, 0.4) is 0 Å². The molecule has 8 aromatic rings. The van der Waals surface area contributed by atoms with Crippen molar-refractivity contribution >= 4 is 10.8 Å². The summed E-state index contributed by atoms with van der Waals surface area (Å²) in [6.07, 6.45) is 3.70. The summed E-state index contributed by atoms with van der Waals surface area (Å²) in [5.41, 5.74) is 7.85. The van der Waals surface area contributed by atoms with Gasteiger partial charge in [-0.3, -0.25) is 9.97 Å². The van der Waals surface area contributed by atoms with Crippen LogP contribution in [0.4, 0.5) is 0 Å². The molecule has 0 aliphatic heterocycles. The molecule has 0 saturated carbocycles. The fraction of sp³-hybridized carbons (Fsp3) is 0. The minimum Gasteiger partial charge on any atom is -0.254 e. The Bertz CT molecular complexity index is 2230. The molecule has 0 atom stereocenters. The van der Waals surface area contributed by atoms with Gasteiger partial charge in [0.05, 0.1) is 22.8 Å². The Kier molecular flexibility index (Phi) is 7.05. The van der Waals surface area contributed by atoms with Gasteiger partial charge in [0.2, 0.25) is 0 Å². The number of aromatic nitrogens is 6. The third-order valence-electron chi connectivity index (χ3n) is 7.81. The number of pyridine rings is 3. The summed E-state index contributed by atoms with van der Waals surface area (Å²) in [7, 11) is 0. The molecule has 0 fully saturated rings. The monoisotopic (exact) mass is 590 g/mol. The van der Waals surface area contributed by atoms with E-state index in [0.717, 1.165) is 61.4 Å². The van der Waals surface area contributed by atoms with Gasteiger partial charge in [-0.2, -0.15) is 0 Å². The first-order valence-corrected chi connectivity index (χ1v) is 15.0. The van der Waals surface area contributed by atoms with Gasteiger partial charge < -0.3 is 0 Å². The second-order valence-corrected chi connectivity index (χ2v) is 10.9. The van der Waals surface area contributed by atoms with E-state index in [0.29, 0.717) is 17.5 Å². The largest absolute Gasteiger partial charge is 0.254 e. The van der Waals surface area contributed by atoms with Crippen molar-refractivity contribution in [2.75, 3.05) is 0 Å². The second-order valence-electron chi connectivity index (χ2n) is 10.9. The van der Waals surface area contributed by atoms with Crippen LogP contribution in [0.25, 0.3) is 78.8 Å². The summed E-state index contributed by atoms with van der Waals surface area (Å²) in [6, 6.07) is 48.6. The van der Waals surface area contributed by atoms with E-state index in [9.17, 15) is 0 Å². The zero-order chi connectivity index (χ0) is 30.7. The average Bonchev–Trinajstić information content (AvgIpc) is 3.15. The number of benzene rings is 4. The Morgan fingerprint density at radius 2 is 0.783 bits per heavy atom. The molecule has 4 heterocycles. The number of hydrogen-bond donors (Lipinski definition) is 0. The van der Waals surface area contributed by atoms with E-state index in [-0.39, 0.29) is 0 Å². The Labute approximate surface area is 266 Å². The third-order valence-corrected chi connectivity index (χ3v) is 7.81. The third kappa shape index (κ3) is 5.51. The van der Waals surface area contributed by atoms with Crippen LogP contribution < -0.4 is 0 Å². The lowest BCUT2D eigenvalue weighted by molar-refractivity contribution is 1.07. The summed E-state index contributed by atoms with van der Waals surface area (Å²) in [4.78, 5) is 29.2. The molecule has 0 aliphatic carbocycles. The van der Waals surface area contributed by atoms with Crippen LogP contribution in [0.15, 0.2) is 158 Å². The number of hydrogen-bond acceptors (Lipinski definition) is 6. The van der Waals surface area contributed by atoms with Crippen molar-refractivity contribution in [1.82, 2.24) is 29.9 Å². The highest BCUT2D eigenvalue weighted by molar-refractivity contribution is 5.85. The molecule has 0 spiro atoms. The van der Waals surface area contributed by atoms with Gasteiger partial charge in [-0.05, 0) is 46.8 Å². The highest BCUT2D eigenvalue weighted by Gasteiger charge is 2.15. The van der Waals surface area contributed by atoms with Crippen molar-refractivity contribution in [3.63, 3.8) is 0 Å². The molecule has 216 valence electrons. The van der Waals surface area contributed by atoms with Gasteiger partial charge in [0.1, 0.15) is 0 Å². The summed E-state index contributed by atoms with van der Waals surface area (Å²) < 4.78 is 0. The van der Waals surface area contributed by atoms with Crippen LogP contribution in [0.5, 0.6) is 0 Å². The van der Waals surface area contributed by atoms with Gasteiger partial charge in [-0.1, -0.05) is 115 Å². The summed E-state index contributed by atoms with van der Waals surface area (Å²) in [5.74, 6) is 1.77. The Balaban J connectivity index is 1.22. The lowest BCUT2D eigenvalue weighted by Crippen LogP contribution is -2.00. The van der Waals surface area contributed by atoms with Crippen LogP contribution in [-0.2, 0) is 0 Å². The molecule has 4 aromatic heterocycles. The minimum atomic E-state index is 0.554. The second kappa shape index (κ2) is 11.9. The first kappa shape index (κ1) is 27.2. The first-order valence-electron chi connectivity index (χ1n) is 15.0. The predicted octanol–water partition coefficient (Wildman–Crippen LogP) is 9.21. The maximum atomic E-state index is 5.05. The van der Waals surface area contributed by atoms with Crippen LogP contribution in [0.2, 0.25) is 0 Å². The van der Waals surface area contributed by atoms with Crippen molar-refractivity contribution in [3.8, 4) is 68.1 Å². The normalized spacial score (nSPS) is 11.0. The SMILES string of the molecule is c1ccc(-c2cc(-c3ccc(-c4nc(-c5ccccc5)nc(-c5ccccc5)n4)cn3)nc(-c3cc4ccccc4cn3)c2)cc1. The number of fused-ring (bicyclic) bond motifs is 1. The van der Waals surface area contributed by atoms with Crippen molar-refractivity contribution in [3.05, 3.63) is 158 Å². The zero-order valence-corrected chi connectivity index (χ0v) is 24.7. The maximum Gasteiger partial charge on any atom is 0.165 e. The molecule has 0 radical (unpaired) electrons. The number of nitrogens with zero attached hydrogens (tertiary/aromatic N) is 6. The minimum absolute atomic E-state index is 0.554. The first-order chi connectivity index (χ1) is 22.8. The molecular weight excluding hydrogens is 564 g/mol. The molecule has 4 aromatic carbocycles. The zero-order valence-electron chi connectivity index (χ0n) is 24.7. The van der Waals surface area contributed by atoms with Gasteiger partial charge in [-0.25, -0.2) is 19.9 Å². The molecule has 0 amide bonds. The average molecular weight is 591 g/mol. The maximum absolute atomic E-state index is 5.05. The fourth-order valence-electron chi connectivity index (χ4n) is 5.43. The molecular formula is C40H26N6. The van der Waals surface area contributed by atoms with E-state index in [1.807, 2.05) is 109 Å². The lowest BCUT2D eigenvalue weighted by Gasteiger charge is -2.11. The van der Waals surface area contributed by atoms with Gasteiger partial charge in [0.25, 0.3) is 0 Å². The van der Waals surface area contributed by atoms with Crippen LogP contribution in [0.1, 0.15) is 0 Å². The van der Waals surface area contributed by atoms with Crippen LogP contribution in [0, 0.1) is 0 Å². The standard InChI is InChI=1S/C40H26N6/c1-4-12-27(13-5-1)33-23-36(43-37(24-33)35-22-30-18-10-11-19-31(30)25-42-35)34-21-20-32(26-41-34)40-45-38(28-14-6-2-7-15-28)44-39(46-40)29-16-8-3-9-17-29/h1-26H. The molecule has 0 unspecified atom stereocenters. The highest BCUT2D eigenvalue weighted by atomic mass is 15.0. The van der Waals surface area contributed by atoms with Crippen LogP contribution >= 0.6 is 0 Å². The summed E-state index contributed by atoms with van der Waals surface area (Å²) in [5, 5.41) is 2.21. The molecule has 8 rings (SSSR count). The molecule has 0 bridgehead atoms. The van der Waals surface area contributed by atoms with E-state index >= 15 is 0 Å². The predicted molar refractivity (Wildman–Crippen MR) is 183 cm³/mol. The van der Waals surface area contributed by atoms with Crippen LogP contribution in [-0.4, -0.2) is 29.9 Å². The molecule has 0 N–H and O–H groups in total. The Morgan fingerprint density at radius 1 is 0.283 bits per heavy atom. The van der Waals surface area contributed by atoms with Gasteiger partial charge in [-0.15, -0.1) is 0 Å². The topological polar surface area (TPSA) is 77.3 Å².